The number of hydrogen-bond donors (Lipinski definition) is 1. The Balaban J connectivity index is 2.41. The number of nitrogens with zero attached hydrogens (tertiary/aromatic N) is 3. The summed E-state index contributed by atoms with van der Waals surface area (Å²) in [6.45, 7) is 4.27. The van der Waals surface area contributed by atoms with Crippen LogP contribution in [-0.4, -0.2) is 21.1 Å². The number of aromatic nitrogens is 3. The van der Waals surface area contributed by atoms with Gasteiger partial charge >= 0.3 is 0 Å². The molecule has 2 aromatic heterocycles. The quantitative estimate of drug-likeness (QED) is 0.851. The maximum Gasteiger partial charge on any atom is 0.243 e. The molecule has 0 bridgehead atoms. The van der Waals surface area contributed by atoms with Gasteiger partial charge in [-0.05, 0) is 28.1 Å². The summed E-state index contributed by atoms with van der Waals surface area (Å²) in [5, 5.41) is 7.26. The molecule has 0 aliphatic rings. The van der Waals surface area contributed by atoms with Gasteiger partial charge in [-0.2, -0.15) is 4.98 Å². The fraction of sp³-hybridized carbons (Fsp3) is 0.111. The number of anilines is 1. The minimum absolute atomic E-state index is 0.608. The summed E-state index contributed by atoms with van der Waals surface area (Å²) in [6, 6.07) is 3.84. The average Bonchev–Trinajstić information content (AvgIpc) is 2.59. The number of rotatable bonds is 3. The van der Waals surface area contributed by atoms with Gasteiger partial charge in [0.2, 0.25) is 5.95 Å². The van der Waals surface area contributed by atoms with E-state index in [4.69, 9.17) is 0 Å². The molecule has 2 rings (SSSR count). The number of pyridine rings is 1. The third-order valence-electron chi connectivity index (χ3n) is 1.72. The summed E-state index contributed by atoms with van der Waals surface area (Å²) in [5.74, 6) is 0.608. The Hall–Kier alpha value is -1.36. The highest BCUT2D eigenvalue weighted by Crippen LogP contribution is 2.16. The second-order valence-electron chi connectivity index (χ2n) is 2.73. The Labute approximate surface area is 89.8 Å². The Kier molecular flexibility index (Phi) is 2.49. The van der Waals surface area contributed by atoms with E-state index in [2.05, 4.69) is 37.9 Å². The predicted molar refractivity (Wildman–Crippen MR) is 59.4 cm³/mol. The van der Waals surface area contributed by atoms with E-state index in [0.29, 0.717) is 12.5 Å². The lowest BCUT2D eigenvalue weighted by Gasteiger charge is -1.92. The van der Waals surface area contributed by atoms with Gasteiger partial charge in [-0.3, -0.25) is 0 Å². The van der Waals surface area contributed by atoms with Crippen molar-refractivity contribution in [2.24, 2.45) is 0 Å². The maximum absolute atomic E-state index is 4.30. The molecular weight excluding hydrogens is 244 g/mol. The van der Waals surface area contributed by atoms with Gasteiger partial charge < -0.3 is 5.32 Å². The van der Waals surface area contributed by atoms with Crippen LogP contribution in [0.4, 0.5) is 5.95 Å². The van der Waals surface area contributed by atoms with Crippen molar-refractivity contribution in [2.75, 3.05) is 11.9 Å². The van der Waals surface area contributed by atoms with Crippen LogP contribution in [0.15, 0.2) is 35.5 Å². The molecule has 72 valence electrons. The van der Waals surface area contributed by atoms with Gasteiger partial charge in [0.1, 0.15) is 0 Å². The molecule has 0 amide bonds. The van der Waals surface area contributed by atoms with Crippen molar-refractivity contribution in [1.29, 1.82) is 0 Å². The highest BCUT2D eigenvalue weighted by atomic mass is 79.9. The van der Waals surface area contributed by atoms with E-state index in [1.54, 1.807) is 10.6 Å². The fourth-order valence-electron chi connectivity index (χ4n) is 1.11. The highest BCUT2D eigenvalue weighted by molar-refractivity contribution is 9.10. The zero-order valence-electron chi connectivity index (χ0n) is 7.44. The van der Waals surface area contributed by atoms with Crippen LogP contribution in [0.3, 0.4) is 0 Å². The van der Waals surface area contributed by atoms with E-state index in [9.17, 15) is 0 Å². The standard InChI is InChI=1S/C9H9BrN4/c1-2-5-11-9-12-8-7(10)4-3-6-14(8)13-9/h2-4,6H,1,5H2,(H,11,13). The first-order chi connectivity index (χ1) is 6.81. The maximum atomic E-state index is 4.30. The summed E-state index contributed by atoms with van der Waals surface area (Å²) in [5.41, 5.74) is 0.805. The zero-order valence-corrected chi connectivity index (χ0v) is 9.03. The van der Waals surface area contributed by atoms with Crippen molar-refractivity contribution >= 4 is 27.5 Å². The molecule has 0 aromatic carbocycles. The topological polar surface area (TPSA) is 42.2 Å². The molecule has 0 atom stereocenters. The molecule has 0 fully saturated rings. The van der Waals surface area contributed by atoms with Crippen LogP contribution >= 0.6 is 15.9 Å². The predicted octanol–water partition coefficient (Wildman–Crippen LogP) is 2.09. The van der Waals surface area contributed by atoms with Crippen LogP contribution < -0.4 is 5.32 Å². The van der Waals surface area contributed by atoms with Gasteiger partial charge in [0.05, 0.1) is 4.47 Å². The lowest BCUT2D eigenvalue weighted by molar-refractivity contribution is 0.957. The van der Waals surface area contributed by atoms with Gasteiger partial charge in [0.25, 0.3) is 0 Å². The summed E-state index contributed by atoms with van der Waals surface area (Å²) < 4.78 is 2.65. The molecule has 5 heteroatoms. The molecule has 1 N–H and O–H groups in total. The van der Waals surface area contributed by atoms with E-state index in [1.807, 2.05) is 18.3 Å². The Morgan fingerprint density at radius 2 is 2.50 bits per heavy atom. The van der Waals surface area contributed by atoms with Gasteiger partial charge in [-0.15, -0.1) is 11.7 Å². The largest absolute Gasteiger partial charge is 0.349 e. The third-order valence-corrected chi connectivity index (χ3v) is 2.34. The molecule has 4 nitrogen and oxygen atoms in total. The summed E-state index contributed by atoms with van der Waals surface area (Å²) in [6.07, 6.45) is 3.62. The van der Waals surface area contributed by atoms with Crippen molar-refractivity contribution in [1.82, 2.24) is 14.6 Å². The Morgan fingerprint density at radius 3 is 3.21 bits per heavy atom. The molecular formula is C9H9BrN4. The second-order valence-corrected chi connectivity index (χ2v) is 3.58. The molecule has 0 aliphatic carbocycles. The minimum Gasteiger partial charge on any atom is -0.349 e. The summed E-state index contributed by atoms with van der Waals surface area (Å²) >= 11 is 3.41. The van der Waals surface area contributed by atoms with Crippen LogP contribution in [-0.2, 0) is 0 Å². The second kappa shape index (κ2) is 3.79. The van der Waals surface area contributed by atoms with E-state index in [0.717, 1.165) is 10.1 Å². The lowest BCUT2D eigenvalue weighted by Crippen LogP contribution is -1.99. The lowest BCUT2D eigenvalue weighted by atomic mass is 10.5. The molecule has 0 saturated heterocycles. The molecule has 0 spiro atoms. The molecule has 0 saturated carbocycles. The average molecular weight is 253 g/mol. The first-order valence-electron chi connectivity index (χ1n) is 4.17. The molecule has 2 aromatic rings. The van der Waals surface area contributed by atoms with E-state index in [1.165, 1.54) is 0 Å². The molecule has 14 heavy (non-hydrogen) atoms. The fourth-order valence-corrected chi connectivity index (χ4v) is 1.53. The number of fused-ring (bicyclic) bond motifs is 1. The Morgan fingerprint density at radius 1 is 1.64 bits per heavy atom. The SMILES string of the molecule is C=CCNc1nc2c(Br)cccn2n1. The summed E-state index contributed by atoms with van der Waals surface area (Å²) in [4.78, 5) is 4.30. The van der Waals surface area contributed by atoms with Crippen LogP contribution in [0.1, 0.15) is 0 Å². The highest BCUT2D eigenvalue weighted by Gasteiger charge is 2.04. The zero-order chi connectivity index (χ0) is 9.97. The number of nitrogens with one attached hydrogen (secondary N) is 1. The molecule has 0 unspecified atom stereocenters. The number of halogens is 1. The van der Waals surface area contributed by atoms with Crippen LogP contribution in [0, 0.1) is 0 Å². The van der Waals surface area contributed by atoms with Gasteiger partial charge in [-0.1, -0.05) is 6.08 Å². The first kappa shape index (κ1) is 9.21. The van der Waals surface area contributed by atoms with Crippen molar-refractivity contribution in [3.63, 3.8) is 0 Å². The van der Waals surface area contributed by atoms with Crippen molar-refractivity contribution in [3.8, 4) is 0 Å². The van der Waals surface area contributed by atoms with E-state index < -0.39 is 0 Å². The van der Waals surface area contributed by atoms with Crippen LogP contribution in [0.2, 0.25) is 0 Å². The van der Waals surface area contributed by atoms with Crippen molar-refractivity contribution in [3.05, 3.63) is 35.5 Å². The van der Waals surface area contributed by atoms with Crippen LogP contribution in [0.25, 0.3) is 5.65 Å². The van der Waals surface area contributed by atoms with Crippen LogP contribution in [0.5, 0.6) is 0 Å². The molecule has 0 radical (unpaired) electrons. The van der Waals surface area contributed by atoms with Gasteiger partial charge in [0.15, 0.2) is 5.65 Å². The van der Waals surface area contributed by atoms with Crippen molar-refractivity contribution in [2.45, 2.75) is 0 Å². The first-order valence-corrected chi connectivity index (χ1v) is 4.96. The van der Waals surface area contributed by atoms with Crippen molar-refractivity contribution < 1.29 is 0 Å². The smallest absolute Gasteiger partial charge is 0.243 e. The third kappa shape index (κ3) is 1.63. The van der Waals surface area contributed by atoms with E-state index >= 15 is 0 Å². The Bertz CT molecular complexity index is 463. The molecule has 2 heterocycles. The normalized spacial score (nSPS) is 10.4. The minimum atomic E-state index is 0.608. The van der Waals surface area contributed by atoms with Gasteiger partial charge in [0, 0.05) is 12.7 Å². The number of hydrogen-bond acceptors (Lipinski definition) is 3. The van der Waals surface area contributed by atoms with E-state index in [-0.39, 0.29) is 0 Å². The monoisotopic (exact) mass is 252 g/mol. The summed E-state index contributed by atoms with van der Waals surface area (Å²) in [7, 11) is 0. The molecule has 0 aliphatic heterocycles. The van der Waals surface area contributed by atoms with Gasteiger partial charge in [-0.25, -0.2) is 4.52 Å².